The molecule has 5 heteroatoms. The molecule has 2 unspecified atom stereocenters. The largest absolute Gasteiger partial charge is 0.378 e. The van der Waals surface area contributed by atoms with E-state index in [2.05, 4.69) is 24.0 Å². The van der Waals surface area contributed by atoms with Crippen molar-refractivity contribution in [2.75, 3.05) is 6.61 Å². The van der Waals surface area contributed by atoms with E-state index in [1.807, 2.05) is 0 Å². The number of nitrogens with two attached hydrogens (primary N) is 1. The van der Waals surface area contributed by atoms with Crippen LogP contribution in [0.25, 0.3) is 0 Å². The van der Waals surface area contributed by atoms with Gasteiger partial charge in [0.2, 0.25) is 5.89 Å². The number of ether oxygens (including phenoxy) is 1. The van der Waals surface area contributed by atoms with Crippen molar-refractivity contribution in [1.82, 2.24) is 10.1 Å². The summed E-state index contributed by atoms with van der Waals surface area (Å²) in [5.74, 6) is 1.61. The molecule has 1 fully saturated rings. The molecule has 0 radical (unpaired) electrons. The third-order valence-corrected chi connectivity index (χ3v) is 3.46. The van der Waals surface area contributed by atoms with E-state index in [0.29, 0.717) is 17.6 Å². The Labute approximate surface area is 102 Å². The summed E-state index contributed by atoms with van der Waals surface area (Å²) in [6, 6.07) is -0.161. The summed E-state index contributed by atoms with van der Waals surface area (Å²) in [4.78, 5) is 4.36. The molecule has 5 nitrogen and oxygen atoms in total. The van der Waals surface area contributed by atoms with Crippen LogP contribution >= 0.6 is 0 Å². The van der Waals surface area contributed by atoms with Crippen molar-refractivity contribution in [2.24, 2.45) is 11.7 Å². The van der Waals surface area contributed by atoms with Gasteiger partial charge in [0.15, 0.2) is 5.82 Å². The molecule has 1 aliphatic rings. The van der Waals surface area contributed by atoms with Gasteiger partial charge >= 0.3 is 0 Å². The molecule has 96 valence electrons. The van der Waals surface area contributed by atoms with Gasteiger partial charge in [-0.15, -0.1) is 0 Å². The molecule has 2 N–H and O–H groups in total. The van der Waals surface area contributed by atoms with Crippen molar-refractivity contribution in [1.29, 1.82) is 0 Å². The van der Waals surface area contributed by atoms with Crippen LogP contribution in [0, 0.1) is 5.92 Å². The lowest BCUT2D eigenvalue weighted by molar-refractivity contribution is 0.109. The fourth-order valence-corrected chi connectivity index (χ4v) is 1.99. The predicted molar refractivity (Wildman–Crippen MR) is 63.4 cm³/mol. The Morgan fingerprint density at radius 3 is 3.00 bits per heavy atom. The maximum Gasteiger partial charge on any atom is 0.243 e. The minimum atomic E-state index is -0.161. The predicted octanol–water partition coefficient (Wildman–Crippen LogP) is 1.84. The lowest BCUT2D eigenvalue weighted by Crippen LogP contribution is -2.19. The van der Waals surface area contributed by atoms with Crippen LogP contribution in [-0.4, -0.2) is 22.9 Å². The van der Waals surface area contributed by atoms with Crippen LogP contribution in [0.1, 0.15) is 50.9 Å². The molecule has 17 heavy (non-hydrogen) atoms. The third-order valence-electron chi connectivity index (χ3n) is 3.46. The van der Waals surface area contributed by atoms with Crippen molar-refractivity contribution >= 4 is 0 Å². The lowest BCUT2D eigenvalue weighted by atomic mass is 10.0. The summed E-state index contributed by atoms with van der Waals surface area (Å²) in [6.07, 6.45) is 4.20. The molecule has 0 saturated carbocycles. The fourth-order valence-electron chi connectivity index (χ4n) is 1.99. The highest BCUT2D eigenvalue weighted by Crippen LogP contribution is 2.21. The van der Waals surface area contributed by atoms with Gasteiger partial charge in [0.1, 0.15) is 0 Å². The van der Waals surface area contributed by atoms with Gasteiger partial charge in [-0.05, 0) is 18.8 Å². The Morgan fingerprint density at radius 2 is 2.35 bits per heavy atom. The van der Waals surface area contributed by atoms with E-state index in [1.54, 1.807) is 0 Å². The van der Waals surface area contributed by atoms with Crippen LogP contribution in [0.15, 0.2) is 4.52 Å². The Hall–Kier alpha value is -0.940. The fraction of sp³-hybridized carbons (Fsp3) is 0.833. The summed E-state index contributed by atoms with van der Waals surface area (Å²) >= 11 is 0. The van der Waals surface area contributed by atoms with Crippen LogP contribution in [0.3, 0.4) is 0 Å². The molecule has 0 amide bonds. The molecule has 1 aliphatic heterocycles. The Balaban J connectivity index is 1.95. The number of rotatable bonds is 5. The van der Waals surface area contributed by atoms with Gasteiger partial charge in [-0.25, -0.2) is 0 Å². The molecule has 2 heterocycles. The summed E-state index contributed by atoms with van der Waals surface area (Å²) in [6.45, 7) is 5.05. The summed E-state index contributed by atoms with van der Waals surface area (Å²) in [5, 5.41) is 3.97. The molecule has 0 bridgehead atoms. The van der Waals surface area contributed by atoms with Gasteiger partial charge in [-0.3, -0.25) is 0 Å². The molecule has 2 rings (SSSR count). The monoisotopic (exact) mass is 239 g/mol. The lowest BCUT2D eigenvalue weighted by Gasteiger charge is -2.13. The van der Waals surface area contributed by atoms with Crippen LogP contribution in [0.2, 0.25) is 0 Å². The van der Waals surface area contributed by atoms with Crippen molar-refractivity contribution in [3.05, 3.63) is 11.7 Å². The number of nitrogens with zero attached hydrogens (tertiary/aromatic N) is 2. The van der Waals surface area contributed by atoms with Gasteiger partial charge in [0, 0.05) is 13.0 Å². The summed E-state index contributed by atoms with van der Waals surface area (Å²) < 4.78 is 10.8. The van der Waals surface area contributed by atoms with E-state index in [1.165, 1.54) is 0 Å². The first kappa shape index (κ1) is 12.5. The Kier molecular flexibility index (Phi) is 4.12. The van der Waals surface area contributed by atoms with Gasteiger partial charge in [0.25, 0.3) is 0 Å². The molecule has 1 saturated heterocycles. The first-order valence-electron chi connectivity index (χ1n) is 6.40. The van der Waals surface area contributed by atoms with Gasteiger partial charge in [0.05, 0.1) is 12.1 Å². The van der Waals surface area contributed by atoms with Gasteiger partial charge in [-0.2, -0.15) is 4.98 Å². The molecule has 3 atom stereocenters. The summed E-state index contributed by atoms with van der Waals surface area (Å²) in [7, 11) is 0. The zero-order valence-corrected chi connectivity index (χ0v) is 10.6. The smallest absolute Gasteiger partial charge is 0.243 e. The first-order valence-corrected chi connectivity index (χ1v) is 6.40. The first-order chi connectivity index (χ1) is 8.20. The number of aromatic nitrogens is 2. The average Bonchev–Trinajstić information content (AvgIpc) is 2.99. The molecule has 0 aromatic carbocycles. The van der Waals surface area contributed by atoms with Crippen molar-refractivity contribution in [3.8, 4) is 0 Å². The quantitative estimate of drug-likeness (QED) is 0.848. The van der Waals surface area contributed by atoms with Crippen molar-refractivity contribution in [3.63, 3.8) is 0 Å². The molecule has 1 aromatic rings. The minimum absolute atomic E-state index is 0.161. The van der Waals surface area contributed by atoms with Crippen LogP contribution in [-0.2, 0) is 11.2 Å². The van der Waals surface area contributed by atoms with E-state index in [9.17, 15) is 0 Å². The topological polar surface area (TPSA) is 74.2 Å². The van der Waals surface area contributed by atoms with E-state index >= 15 is 0 Å². The summed E-state index contributed by atoms with van der Waals surface area (Å²) in [5.41, 5.74) is 6.04. The zero-order chi connectivity index (χ0) is 12.3. The minimum Gasteiger partial charge on any atom is -0.378 e. The maximum atomic E-state index is 6.04. The van der Waals surface area contributed by atoms with E-state index in [-0.39, 0.29) is 12.1 Å². The standard InChI is InChI=1S/C12H21N3O2/c1-3-8(2)11(13)12-14-10(15-17-12)7-9-5-4-6-16-9/h8-9,11H,3-7,13H2,1-2H3/t8?,9?,11-/m0/s1. The molecule has 1 aromatic heterocycles. The normalized spacial score (nSPS) is 23.8. The second kappa shape index (κ2) is 5.60. The SMILES string of the molecule is CCC(C)[C@H](N)c1nc(CC2CCCO2)no1. The van der Waals surface area contributed by atoms with Crippen LogP contribution in [0.4, 0.5) is 0 Å². The maximum absolute atomic E-state index is 6.04. The highest BCUT2D eigenvalue weighted by molar-refractivity contribution is 4.95. The second-order valence-corrected chi connectivity index (χ2v) is 4.80. The van der Waals surface area contributed by atoms with Crippen molar-refractivity contribution in [2.45, 2.75) is 51.7 Å². The van der Waals surface area contributed by atoms with Crippen LogP contribution < -0.4 is 5.73 Å². The average molecular weight is 239 g/mol. The second-order valence-electron chi connectivity index (χ2n) is 4.80. The van der Waals surface area contributed by atoms with E-state index < -0.39 is 0 Å². The number of hydrogen-bond acceptors (Lipinski definition) is 5. The Morgan fingerprint density at radius 1 is 1.53 bits per heavy atom. The van der Waals surface area contributed by atoms with E-state index in [4.69, 9.17) is 15.0 Å². The molecular weight excluding hydrogens is 218 g/mol. The van der Waals surface area contributed by atoms with Crippen molar-refractivity contribution < 1.29 is 9.26 Å². The highest BCUT2D eigenvalue weighted by atomic mass is 16.5. The highest BCUT2D eigenvalue weighted by Gasteiger charge is 2.22. The van der Waals surface area contributed by atoms with Gasteiger partial charge < -0.3 is 15.0 Å². The van der Waals surface area contributed by atoms with E-state index in [0.717, 1.165) is 32.3 Å². The number of hydrogen-bond donors (Lipinski definition) is 1. The molecular formula is C12H21N3O2. The van der Waals surface area contributed by atoms with Crippen LogP contribution in [0.5, 0.6) is 0 Å². The molecule has 0 spiro atoms. The zero-order valence-electron chi connectivity index (χ0n) is 10.6. The van der Waals surface area contributed by atoms with Gasteiger partial charge in [-0.1, -0.05) is 25.4 Å². The Bertz CT molecular complexity index is 347. The molecule has 0 aliphatic carbocycles. The third kappa shape index (κ3) is 3.04.